The summed E-state index contributed by atoms with van der Waals surface area (Å²) < 4.78 is 2.66. The molecule has 1 aromatic heterocycles. The fraction of sp³-hybridized carbons (Fsp3) is 0.182. The van der Waals surface area contributed by atoms with Gasteiger partial charge in [0, 0.05) is 15.8 Å². The molecule has 0 aliphatic carbocycles. The summed E-state index contributed by atoms with van der Waals surface area (Å²) >= 11 is 2.25. The van der Waals surface area contributed by atoms with Gasteiger partial charge in [-0.2, -0.15) is 0 Å². The molecule has 0 aliphatic rings. The number of carbonyl (C=O) groups is 1. The van der Waals surface area contributed by atoms with Crippen molar-refractivity contribution in [2.75, 3.05) is 11.9 Å². The normalized spacial score (nSPS) is 10.3. The number of halogens is 1. The molecular formula is C11H11IN4O2. The van der Waals surface area contributed by atoms with E-state index >= 15 is 0 Å². The molecule has 1 aromatic carbocycles. The van der Waals surface area contributed by atoms with Crippen LogP contribution in [0.5, 0.6) is 0 Å². The van der Waals surface area contributed by atoms with Crippen molar-refractivity contribution in [3.63, 3.8) is 0 Å². The molecule has 2 aromatic rings. The summed E-state index contributed by atoms with van der Waals surface area (Å²) in [6, 6.07) is 8.00. The smallest absolute Gasteiger partial charge is 0.358 e. The van der Waals surface area contributed by atoms with Crippen molar-refractivity contribution in [3.05, 3.63) is 39.7 Å². The van der Waals surface area contributed by atoms with Gasteiger partial charge in [0.2, 0.25) is 0 Å². The molecule has 0 radical (unpaired) electrons. The van der Waals surface area contributed by atoms with E-state index in [1.165, 1.54) is 10.9 Å². The zero-order valence-electron chi connectivity index (χ0n) is 9.38. The van der Waals surface area contributed by atoms with Gasteiger partial charge >= 0.3 is 5.97 Å². The van der Waals surface area contributed by atoms with E-state index in [0.717, 1.165) is 9.26 Å². The van der Waals surface area contributed by atoms with Gasteiger partial charge in [0.05, 0.1) is 12.7 Å². The largest absolute Gasteiger partial charge is 0.476 e. The molecule has 18 heavy (non-hydrogen) atoms. The van der Waals surface area contributed by atoms with E-state index in [0.29, 0.717) is 13.1 Å². The number of aromatic nitrogens is 3. The SMILES string of the molecule is O=C(O)c1cn(CCNc2cccc(I)c2)nn1. The molecule has 0 unspecified atom stereocenters. The highest BCUT2D eigenvalue weighted by Crippen LogP contribution is 2.11. The van der Waals surface area contributed by atoms with Crippen LogP contribution in [0.15, 0.2) is 30.5 Å². The van der Waals surface area contributed by atoms with Crippen LogP contribution in [-0.4, -0.2) is 32.6 Å². The minimum absolute atomic E-state index is 0.0377. The fourth-order valence-electron chi connectivity index (χ4n) is 1.42. The Bertz CT molecular complexity index is 555. The Labute approximate surface area is 117 Å². The second-order valence-corrected chi connectivity index (χ2v) is 4.85. The molecule has 0 spiro atoms. The number of nitrogens with one attached hydrogen (secondary N) is 1. The van der Waals surface area contributed by atoms with Crippen LogP contribution in [-0.2, 0) is 6.54 Å². The van der Waals surface area contributed by atoms with Crippen LogP contribution < -0.4 is 5.32 Å². The standard InChI is InChI=1S/C11H11IN4O2/c12-8-2-1-3-9(6-8)13-4-5-16-7-10(11(17)18)14-15-16/h1-3,6-7,13H,4-5H2,(H,17,18). The quantitative estimate of drug-likeness (QED) is 0.796. The van der Waals surface area contributed by atoms with Crippen molar-refractivity contribution in [1.29, 1.82) is 0 Å². The molecule has 1 heterocycles. The second kappa shape index (κ2) is 5.80. The zero-order valence-corrected chi connectivity index (χ0v) is 11.5. The maximum Gasteiger partial charge on any atom is 0.358 e. The summed E-state index contributed by atoms with van der Waals surface area (Å²) in [6.07, 6.45) is 1.42. The van der Waals surface area contributed by atoms with Crippen molar-refractivity contribution in [3.8, 4) is 0 Å². The van der Waals surface area contributed by atoms with Crippen molar-refractivity contribution in [1.82, 2.24) is 15.0 Å². The Morgan fingerprint density at radius 2 is 2.33 bits per heavy atom. The average molecular weight is 358 g/mol. The highest BCUT2D eigenvalue weighted by Gasteiger charge is 2.07. The Morgan fingerprint density at radius 3 is 3.00 bits per heavy atom. The van der Waals surface area contributed by atoms with Gasteiger partial charge in [0.25, 0.3) is 0 Å². The van der Waals surface area contributed by atoms with Crippen molar-refractivity contribution in [2.24, 2.45) is 0 Å². The number of hydrogen-bond acceptors (Lipinski definition) is 4. The molecule has 0 saturated carbocycles. The highest BCUT2D eigenvalue weighted by molar-refractivity contribution is 14.1. The summed E-state index contributed by atoms with van der Waals surface area (Å²) in [5, 5.41) is 19.2. The number of aromatic carboxylic acids is 1. The van der Waals surface area contributed by atoms with E-state index in [1.807, 2.05) is 24.3 Å². The number of rotatable bonds is 5. The first-order valence-corrected chi connectivity index (χ1v) is 6.36. The lowest BCUT2D eigenvalue weighted by Crippen LogP contribution is -2.11. The number of carboxylic acids is 1. The summed E-state index contributed by atoms with van der Waals surface area (Å²) in [6.45, 7) is 1.22. The molecule has 6 nitrogen and oxygen atoms in total. The summed E-state index contributed by atoms with van der Waals surface area (Å²) in [7, 11) is 0. The highest BCUT2D eigenvalue weighted by atomic mass is 127. The van der Waals surface area contributed by atoms with E-state index in [-0.39, 0.29) is 5.69 Å². The number of hydrogen-bond donors (Lipinski definition) is 2. The lowest BCUT2D eigenvalue weighted by Gasteiger charge is -2.06. The van der Waals surface area contributed by atoms with Gasteiger partial charge < -0.3 is 10.4 Å². The summed E-state index contributed by atoms with van der Waals surface area (Å²) in [5.74, 6) is -1.06. The predicted octanol–water partition coefficient (Wildman–Crippen LogP) is 1.69. The molecule has 0 fully saturated rings. The van der Waals surface area contributed by atoms with Crippen LogP contribution in [0.1, 0.15) is 10.5 Å². The first-order valence-electron chi connectivity index (χ1n) is 5.28. The van der Waals surface area contributed by atoms with Gasteiger partial charge in [0.1, 0.15) is 0 Å². The fourth-order valence-corrected chi connectivity index (χ4v) is 1.96. The molecule has 2 rings (SSSR count). The second-order valence-electron chi connectivity index (χ2n) is 3.61. The Balaban J connectivity index is 1.86. The van der Waals surface area contributed by atoms with Crippen LogP contribution in [0.3, 0.4) is 0 Å². The molecular weight excluding hydrogens is 347 g/mol. The third-order valence-corrected chi connectivity index (χ3v) is 2.92. The van der Waals surface area contributed by atoms with E-state index in [2.05, 4.69) is 38.2 Å². The van der Waals surface area contributed by atoms with Crippen LogP contribution in [0.2, 0.25) is 0 Å². The first kappa shape index (κ1) is 12.8. The van der Waals surface area contributed by atoms with Crippen molar-refractivity contribution in [2.45, 2.75) is 6.54 Å². The Hall–Kier alpha value is -1.64. The van der Waals surface area contributed by atoms with Gasteiger partial charge in [-0.15, -0.1) is 5.10 Å². The molecule has 0 aliphatic heterocycles. The van der Waals surface area contributed by atoms with Gasteiger partial charge in [-0.25, -0.2) is 9.48 Å². The van der Waals surface area contributed by atoms with Crippen LogP contribution in [0, 0.1) is 3.57 Å². The Morgan fingerprint density at radius 1 is 1.50 bits per heavy atom. The minimum atomic E-state index is -1.06. The number of nitrogens with zero attached hydrogens (tertiary/aromatic N) is 3. The summed E-state index contributed by atoms with van der Waals surface area (Å²) in [5.41, 5.74) is 0.990. The lowest BCUT2D eigenvalue weighted by atomic mass is 10.3. The van der Waals surface area contributed by atoms with E-state index < -0.39 is 5.97 Å². The molecule has 7 heteroatoms. The van der Waals surface area contributed by atoms with Crippen molar-refractivity contribution >= 4 is 34.2 Å². The molecule has 0 saturated heterocycles. The van der Waals surface area contributed by atoms with Gasteiger partial charge in [-0.1, -0.05) is 11.3 Å². The third-order valence-electron chi connectivity index (χ3n) is 2.25. The monoisotopic (exact) mass is 358 g/mol. The Kier molecular flexibility index (Phi) is 4.13. The topological polar surface area (TPSA) is 80.0 Å². The van der Waals surface area contributed by atoms with E-state index in [4.69, 9.17) is 5.11 Å². The molecule has 0 amide bonds. The number of anilines is 1. The molecule has 2 N–H and O–H groups in total. The minimum Gasteiger partial charge on any atom is -0.476 e. The predicted molar refractivity (Wildman–Crippen MR) is 74.6 cm³/mol. The van der Waals surface area contributed by atoms with Crippen LogP contribution >= 0.6 is 22.6 Å². The first-order chi connectivity index (χ1) is 8.65. The van der Waals surface area contributed by atoms with Crippen molar-refractivity contribution < 1.29 is 9.90 Å². The third kappa shape index (κ3) is 3.42. The van der Waals surface area contributed by atoms with Crippen LogP contribution in [0.25, 0.3) is 0 Å². The van der Waals surface area contributed by atoms with E-state index in [9.17, 15) is 4.79 Å². The number of benzene rings is 1. The van der Waals surface area contributed by atoms with Gasteiger partial charge in [-0.3, -0.25) is 0 Å². The number of carboxylic acid groups (broad SMARTS) is 1. The maximum atomic E-state index is 10.6. The molecule has 0 bridgehead atoms. The lowest BCUT2D eigenvalue weighted by molar-refractivity contribution is 0.0690. The molecule has 94 valence electrons. The summed E-state index contributed by atoms with van der Waals surface area (Å²) in [4.78, 5) is 10.6. The molecule has 0 atom stereocenters. The van der Waals surface area contributed by atoms with Gasteiger partial charge in [-0.05, 0) is 40.8 Å². The average Bonchev–Trinajstić information content (AvgIpc) is 2.78. The zero-order chi connectivity index (χ0) is 13.0. The van der Waals surface area contributed by atoms with E-state index in [1.54, 1.807) is 0 Å². The maximum absolute atomic E-state index is 10.6. The van der Waals surface area contributed by atoms with Gasteiger partial charge in [0.15, 0.2) is 5.69 Å². The van der Waals surface area contributed by atoms with Crippen LogP contribution in [0.4, 0.5) is 5.69 Å².